The van der Waals surface area contributed by atoms with Crippen molar-refractivity contribution in [3.63, 3.8) is 0 Å². The van der Waals surface area contributed by atoms with Crippen molar-refractivity contribution in [3.05, 3.63) is 33.9 Å². The molecule has 1 aliphatic rings. The molecule has 1 aromatic carbocycles. The smallest absolute Gasteiger partial charge is 0.160 e. The summed E-state index contributed by atoms with van der Waals surface area (Å²) in [5.41, 5.74) is 5.34. The summed E-state index contributed by atoms with van der Waals surface area (Å²) in [5.74, 6) is 0.117. The Morgan fingerprint density at radius 1 is 1.28 bits per heavy atom. The maximum atomic E-state index is 12.0. The lowest BCUT2D eigenvalue weighted by Crippen LogP contribution is -2.44. The van der Waals surface area contributed by atoms with Gasteiger partial charge in [0.2, 0.25) is 0 Å². The summed E-state index contributed by atoms with van der Waals surface area (Å²) in [6, 6.07) is 2.09. The zero-order valence-electron chi connectivity index (χ0n) is 16.3. The molecule has 2 rings (SSSR count). The Kier molecular flexibility index (Phi) is 7.14. The molecular weight excluding hydrogens is 316 g/mol. The van der Waals surface area contributed by atoms with Crippen molar-refractivity contribution in [2.45, 2.75) is 40.3 Å². The van der Waals surface area contributed by atoms with Crippen LogP contribution in [-0.2, 0) is 11.3 Å². The average molecular weight is 348 g/mol. The number of benzene rings is 1. The van der Waals surface area contributed by atoms with E-state index in [1.807, 2.05) is 20.9 Å². The third kappa shape index (κ3) is 5.35. The van der Waals surface area contributed by atoms with E-state index in [-0.39, 0.29) is 11.9 Å². The first-order chi connectivity index (χ1) is 11.8. The fourth-order valence-corrected chi connectivity index (χ4v) is 3.85. The predicted molar refractivity (Wildman–Crippen MR) is 100 cm³/mol. The number of hydrogen-bond donors (Lipinski definition) is 1. The van der Waals surface area contributed by atoms with Gasteiger partial charge in [0.1, 0.15) is 0 Å². The lowest BCUT2D eigenvalue weighted by Gasteiger charge is -2.30. The number of hydrogen-bond acceptors (Lipinski definition) is 5. The van der Waals surface area contributed by atoms with E-state index in [0.717, 1.165) is 49.5 Å². The van der Waals surface area contributed by atoms with E-state index in [4.69, 9.17) is 4.74 Å². The number of likely N-dealkylation sites (N-methyl/N-ethyl adjacent to an activating group) is 1. The molecule has 1 atom stereocenters. The monoisotopic (exact) mass is 348 g/mol. The number of aliphatic hydroxyl groups is 1. The van der Waals surface area contributed by atoms with Gasteiger partial charge in [0.05, 0.1) is 19.3 Å². The van der Waals surface area contributed by atoms with E-state index in [0.29, 0.717) is 13.1 Å². The molecular formula is C20H32N2O3. The van der Waals surface area contributed by atoms with Crippen LogP contribution in [0.5, 0.6) is 0 Å². The number of nitrogens with zero attached hydrogens (tertiary/aromatic N) is 2. The second kappa shape index (κ2) is 8.90. The Labute approximate surface area is 151 Å². The van der Waals surface area contributed by atoms with Crippen LogP contribution in [0.2, 0.25) is 0 Å². The number of morpholine rings is 1. The summed E-state index contributed by atoms with van der Waals surface area (Å²) >= 11 is 0. The Morgan fingerprint density at radius 3 is 2.52 bits per heavy atom. The SMILES string of the molecule is CC(=O)c1c(C)cc(C)c(CN(C)C[C@H](O)CN2CCOCC2)c1C. The van der Waals surface area contributed by atoms with Gasteiger partial charge in [0, 0.05) is 38.3 Å². The molecule has 0 spiro atoms. The van der Waals surface area contributed by atoms with Crippen molar-refractivity contribution in [1.82, 2.24) is 9.80 Å². The molecule has 5 nitrogen and oxygen atoms in total. The second-order valence-corrected chi connectivity index (χ2v) is 7.31. The van der Waals surface area contributed by atoms with Gasteiger partial charge < -0.3 is 9.84 Å². The minimum Gasteiger partial charge on any atom is -0.390 e. The van der Waals surface area contributed by atoms with Crippen LogP contribution in [0.25, 0.3) is 0 Å². The van der Waals surface area contributed by atoms with Crippen LogP contribution in [0, 0.1) is 20.8 Å². The van der Waals surface area contributed by atoms with E-state index in [2.05, 4.69) is 22.8 Å². The molecule has 1 N–H and O–H groups in total. The fourth-order valence-electron chi connectivity index (χ4n) is 3.85. The number of ether oxygens (including phenoxy) is 1. The number of Topliss-reactive ketones (excluding diaryl/α,β-unsaturated/α-hetero) is 1. The van der Waals surface area contributed by atoms with Crippen LogP contribution in [0.15, 0.2) is 6.07 Å². The van der Waals surface area contributed by atoms with Gasteiger partial charge in [0.25, 0.3) is 0 Å². The molecule has 1 aromatic rings. The second-order valence-electron chi connectivity index (χ2n) is 7.31. The van der Waals surface area contributed by atoms with Gasteiger partial charge in [-0.1, -0.05) is 6.07 Å². The van der Waals surface area contributed by atoms with Gasteiger partial charge in [0.15, 0.2) is 5.78 Å². The zero-order chi connectivity index (χ0) is 18.6. The summed E-state index contributed by atoms with van der Waals surface area (Å²) in [6.07, 6.45) is -0.388. The molecule has 0 amide bonds. The van der Waals surface area contributed by atoms with Crippen molar-refractivity contribution in [2.75, 3.05) is 46.4 Å². The van der Waals surface area contributed by atoms with Crippen molar-refractivity contribution in [1.29, 1.82) is 0 Å². The van der Waals surface area contributed by atoms with E-state index in [1.165, 1.54) is 11.1 Å². The van der Waals surface area contributed by atoms with Gasteiger partial charge in [-0.3, -0.25) is 14.6 Å². The first-order valence-electron chi connectivity index (χ1n) is 9.07. The number of β-amino-alcohol motifs (C(OH)–C–C–N with tert-alkyl or cyclic N) is 1. The largest absolute Gasteiger partial charge is 0.390 e. The van der Waals surface area contributed by atoms with Crippen LogP contribution in [0.1, 0.15) is 39.5 Å². The van der Waals surface area contributed by atoms with Crippen molar-refractivity contribution < 1.29 is 14.6 Å². The predicted octanol–water partition coefficient (Wildman–Crippen LogP) is 1.94. The number of aliphatic hydroxyl groups excluding tert-OH is 1. The number of rotatable bonds is 7. The lowest BCUT2D eigenvalue weighted by atomic mass is 9.91. The summed E-state index contributed by atoms with van der Waals surface area (Å²) in [7, 11) is 2.02. The Bertz CT molecular complexity index is 609. The van der Waals surface area contributed by atoms with Crippen LogP contribution >= 0.6 is 0 Å². The van der Waals surface area contributed by atoms with Crippen LogP contribution in [0.4, 0.5) is 0 Å². The standard InChI is InChI=1S/C20H32N2O3/c1-14-10-15(2)20(17(4)23)16(3)19(14)13-21(5)11-18(24)12-22-6-8-25-9-7-22/h10,18,24H,6-9,11-13H2,1-5H3/t18-/m0/s1. The molecule has 0 aliphatic carbocycles. The summed E-state index contributed by atoms with van der Waals surface area (Å²) in [4.78, 5) is 16.4. The molecule has 1 saturated heterocycles. The van der Waals surface area contributed by atoms with E-state index in [1.54, 1.807) is 6.92 Å². The number of ketones is 1. The average Bonchev–Trinajstić information content (AvgIpc) is 2.51. The van der Waals surface area contributed by atoms with Gasteiger partial charge in [-0.05, 0) is 57.0 Å². The first kappa shape index (κ1) is 20.0. The molecule has 1 fully saturated rings. The summed E-state index contributed by atoms with van der Waals surface area (Å²) in [5, 5.41) is 10.4. The Hall–Kier alpha value is -1.27. The summed E-state index contributed by atoms with van der Waals surface area (Å²) < 4.78 is 5.35. The first-order valence-corrected chi connectivity index (χ1v) is 9.07. The molecule has 0 aromatic heterocycles. The minimum absolute atomic E-state index is 0.117. The lowest BCUT2D eigenvalue weighted by molar-refractivity contribution is 0.00822. The molecule has 0 bridgehead atoms. The van der Waals surface area contributed by atoms with Crippen molar-refractivity contribution in [3.8, 4) is 0 Å². The number of carbonyl (C=O) groups excluding carboxylic acids is 1. The molecule has 1 heterocycles. The van der Waals surface area contributed by atoms with Gasteiger partial charge >= 0.3 is 0 Å². The molecule has 140 valence electrons. The maximum absolute atomic E-state index is 12.0. The fraction of sp³-hybridized carbons (Fsp3) is 0.650. The molecule has 0 radical (unpaired) electrons. The Balaban J connectivity index is 2.01. The highest BCUT2D eigenvalue weighted by atomic mass is 16.5. The van der Waals surface area contributed by atoms with Gasteiger partial charge in [-0.25, -0.2) is 0 Å². The topological polar surface area (TPSA) is 53.0 Å². The Morgan fingerprint density at radius 2 is 1.92 bits per heavy atom. The molecule has 0 saturated carbocycles. The maximum Gasteiger partial charge on any atom is 0.160 e. The van der Waals surface area contributed by atoms with Crippen molar-refractivity contribution >= 4 is 5.78 Å². The van der Waals surface area contributed by atoms with E-state index < -0.39 is 0 Å². The van der Waals surface area contributed by atoms with Crippen LogP contribution in [0.3, 0.4) is 0 Å². The van der Waals surface area contributed by atoms with Crippen LogP contribution < -0.4 is 0 Å². The minimum atomic E-state index is -0.388. The third-order valence-electron chi connectivity index (χ3n) is 5.01. The number of aryl methyl sites for hydroxylation is 2. The van der Waals surface area contributed by atoms with Gasteiger partial charge in [-0.2, -0.15) is 0 Å². The summed E-state index contributed by atoms with van der Waals surface area (Å²) in [6.45, 7) is 13.0. The third-order valence-corrected chi connectivity index (χ3v) is 5.01. The van der Waals surface area contributed by atoms with E-state index >= 15 is 0 Å². The van der Waals surface area contributed by atoms with Gasteiger partial charge in [-0.15, -0.1) is 0 Å². The zero-order valence-corrected chi connectivity index (χ0v) is 16.3. The molecule has 25 heavy (non-hydrogen) atoms. The quantitative estimate of drug-likeness (QED) is 0.763. The number of carbonyl (C=O) groups is 1. The molecule has 1 aliphatic heterocycles. The van der Waals surface area contributed by atoms with E-state index in [9.17, 15) is 9.90 Å². The van der Waals surface area contributed by atoms with Crippen LogP contribution in [-0.4, -0.2) is 73.2 Å². The highest BCUT2D eigenvalue weighted by Crippen LogP contribution is 2.24. The highest BCUT2D eigenvalue weighted by Gasteiger charge is 2.19. The molecule has 5 heteroatoms. The van der Waals surface area contributed by atoms with Crippen molar-refractivity contribution in [2.24, 2.45) is 0 Å². The normalized spacial score (nSPS) is 17.1. The highest BCUT2D eigenvalue weighted by molar-refractivity contribution is 5.97. The molecule has 0 unspecified atom stereocenters.